The molecule has 1 atom stereocenters. The molecule has 0 aliphatic carbocycles. The van der Waals surface area contributed by atoms with Crippen LogP contribution in [0.5, 0.6) is 0 Å². The second-order valence-electron chi connectivity index (χ2n) is 4.98. The first-order chi connectivity index (χ1) is 10.6. The topological polar surface area (TPSA) is 106 Å². The van der Waals surface area contributed by atoms with E-state index in [2.05, 4.69) is 15.4 Å². The van der Waals surface area contributed by atoms with E-state index >= 15 is 0 Å². The number of nitro groups is 1. The van der Waals surface area contributed by atoms with Gasteiger partial charge < -0.3 is 10.2 Å². The first-order valence-electron chi connectivity index (χ1n) is 6.72. The monoisotopic (exact) mass is 302 g/mol. The fraction of sp³-hybridized carbons (Fsp3) is 0.308. The van der Waals surface area contributed by atoms with E-state index in [0.717, 1.165) is 0 Å². The molecular weight excluding hydrogens is 288 g/mol. The minimum atomic E-state index is -0.534. The highest BCUT2D eigenvalue weighted by atomic mass is 16.6. The molecule has 22 heavy (non-hydrogen) atoms. The summed E-state index contributed by atoms with van der Waals surface area (Å²) in [5.74, 6) is -0.0353. The first kappa shape index (κ1) is 14.0. The van der Waals surface area contributed by atoms with Gasteiger partial charge in [-0.2, -0.15) is 5.10 Å². The van der Waals surface area contributed by atoms with Gasteiger partial charge >= 0.3 is 5.69 Å². The van der Waals surface area contributed by atoms with Gasteiger partial charge in [-0.25, -0.2) is 4.98 Å². The van der Waals surface area contributed by atoms with Crippen LogP contribution in [0, 0.1) is 10.1 Å². The fourth-order valence-electron chi connectivity index (χ4n) is 2.44. The average Bonchev–Trinajstić information content (AvgIpc) is 3.06. The molecule has 114 valence electrons. The van der Waals surface area contributed by atoms with Crippen LogP contribution in [0.4, 0.5) is 17.2 Å². The number of pyridine rings is 1. The first-order valence-corrected chi connectivity index (χ1v) is 6.72. The van der Waals surface area contributed by atoms with Crippen molar-refractivity contribution in [2.45, 2.75) is 12.5 Å². The molecule has 1 amide bonds. The lowest BCUT2D eigenvalue weighted by atomic mass is 10.2. The van der Waals surface area contributed by atoms with Crippen molar-refractivity contribution in [2.75, 3.05) is 16.8 Å². The van der Waals surface area contributed by atoms with Crippen LogP contribution >= 0.6 is 0 Å². The molecule has 1 saturated heterocycles. The summed E-state index contributed by atoms with van der Waals surface area (Å²) in [5.41, 5.74) is 0.572. The number of aromatic nitrogens is 3. The number of aryl methyl sites for hydroxylation is 1. The Morgan fingerprint density at radius 1 is 1.50 bits per heavy atom. The molecule has 1 aliphatic rings. The number of amides is 1. The lowest BCUT2D eigenvalue weighted by Gasteiger charge is -2.15. The van der Waals surface area contributed by atoms with Crippen molar-refractivity contribution in [3.63, 3.8) is 0 Å². The van der Waals surface area contributed by atoms with Crippen LogP contribution in [-0.2, 0) is 11.8 Å². The number of nitrogens with zero attached hydrogens (tertiary/aromatic N) is 5. The molecule has 2 aromatic rings. The Labute approximate surface area is 125 Å². The van der Waals surface area contributed by atoms with Crippen molar-refractivity contribution < 1.29 is 9.72 Å². The maximum Gasteiger partial charge on any atom is 0.311 e. The van der Waals surface area contributed by atoms with Gasteiger partial charge in [-0.15, -0.1) is 0 Å². The number of rotatable bonds is 4. The molecular formula is C13H14N6O3. The summed E-state index contributed by atoms with van der Waals surface area (Å²) in [6.07, 6.45) is 5.36. The Hall–Kier alpha value is -2.97. The Kier molecular flexibility index (Phi) is 3.45. The second kappa shape index (κ2) is 5.43. The molecule has 0 bridgehead atoms. The number of nitrogens with one attached hydrogen (secondary N) is 1. The summed E-state index contributed by atoms with van der Waals surface area (Å²) in [7, 11) is 1.77. The predicted molar refractivity (Wildman–Crippen MR) is 78.5 cm³/mol. The van der Waals surface area contributed by atoms with E-state index in [-0.39, 0.29) is 17.4 Å². The third-order valence-corrected chi connectivity index (χ3v) is 3.50. The zero-order valence-electron chi connectivity index (χ0n) is 11.8. The molecule has 9 heteroatoms. The molecule has 1 unspecified atom stereocenters. The van der Waals surface area contributed by atoms with Crippen LogP contribution in [-0.4, -0.2) is 38.2 Å². The summed E-state index contributed by atoms with van der Waals surface area (Å²) in [5, 5.41) is 17.9. The van der Waals surface area contributed by atoms with E-state index in [1.807, 2.05) is 0 Å². The molecule has 1 aliphatic heterocycles. The zero-order chi connectivity index (χ0) is 15.7. The van der Waals surface area contributed by atoms with Gasteiger partial charge in [0.2, 0.25) is 11.7 Å². The molecule has 0 aromatic carbocycles. The smallest absolute Gasteiger partial charge is 0.311 e. The average molecular weight is 302 g/mol. The zero-order valence-corrected chi connectivity index (χ0v) is 11.8. The van der Waals surface area contributed by atoms with Crippen molar-refractivity contribution in [1.82, 2.24) is 14.8 Å². The number of carbonyl (C=O) groups excluding carboxylic acids is 1. The second-order valence-corrected chi connectivity index (χ2v) is 4.98. The molecule has 2 aromatic heterocycles. The van der Waals surface area contributed by atoms with E-state index in [1.165, 1.54) is 18.3 Å². The van der Waals surface area contributed by atoms with Crippen LogP contribution < -0.4 is 10.2 Å². The Morgan fingerprint density at radius 3 is 3.00 bits per heavy atom. The normalized spacial score (nSPS) is 17.8. The lowest BCUT2D eigenvalue weighted by Crippen LogP contribution is -2.33. The molecule has 9 nitrogen and oxygen atoms in total. The van der Waals surface area contributed by atoms with Crippen molar-refractivity contribution in [1.29, 1.82) is 0 Å². The van der Waals surface area contributed by atoms with E-state index in [9.17, 15) is 14.9 Å². The minimum absolute atomic E-state index is 0.110. The third kappa shape index (κ3) is 2.48. The molecule has 0 spiro atoms. The Morgan fingerprint density at radius 2 is 2.32 bits per heavy atom. The third-order valence-electron chi connectivity index (χ3n) is 3.50. The highest BCUT2D eigenvalue weighted by molar-refractivity contribution is 6.00. The number of carbonyl (C=O) groups is 1. The molecule has 1 N–H and O–H groups in total. The van der Waals surface area contributed by atoms with Gasteiger partial charge in [-0.1, -0.05) is 0 Å². The maximum atomic E-state index is 12.4. The van der Waals surface area contributed by atoms with Crippen molar-refractivity contribution >= 4 is 23.1 Å². The molecule has 3 heterocycles. The van der Waals surface area contributed by atoms with Crippen molar-refractivity contribution in [3.8, 4) is 0 Å². The number of anilines is 2. The summed E-state index contributed by atoms with van der Waals surface area (Å²) < 4.78 is 1.62. The van der Waals surface area contributed by atoms with E-state index < -0.39 is 11.0 Å². The van der Waals surface area contributed by atoms with Crippen LogP contribution in [0.2, 0.25) is 0 Å². The SMILES string of the molecule is Cn1cc(N2CCC(Nc3ncccc3[N+](=O)[O-])C2=O)cn1. The van der Waals surface area contributed by atoms with Gasteiger partial charge in [-0.05, 0) is 12.5 Å². The van der Waals surface area contributed by atoms with Gasteiger partial charge in [0.25, 0.3) is 0 Å². The van der Waals surface area contributed by atoms with Crippen LogP contribution in [0.1, 0.15) is 6.42 Å². The molecule has 0 radical (unpaired) electrons. The standard InChI is InChI=1S/C13H14N6O3/c1-17-8-9(7-15-17)18-6-4-10(13(18)20)16-12-11(19(21)22)3-2-5-14-12/h2-3,5,7-8,10H,4,6H2,1H3,(H,14,16). The summed E-state index contributed by atoms with van der Waals surface area (Å²) in [4.78, 5) is 28.5. The van der Waals surface area contributed by atoms with Crippen LogP contribution in [0.3, 0.4) is 0 Å². The summed E-state index contributed by atoms with van der Waals surface area (Å²) >= 11 is 0. The number of hydrogen-bond acceptors (Lipinski definition) is 6. The van der Waals surface area contributed by atoms with Gasteiger partial charge in [0.05, 0.1) is 16.8 Å². The number of hydrogen-bond donors (Lipinski definition) is 1. The highest BCUT2D eigenvalue weighted by Gasteiger charge is 2.34. The van der Waals surface area contributed by atoms with Gasteiger partial charge in [0.15, 0.2) is 0 Å². The van der Waals surface area contributed by atoms with Gasteiger partial charge in [0, 0.05) is 32.1 Å². The Bertz CT molecular complexity index is 728. The fourth-order valence-corrected chi connectivity index (χ4v) is 2.44. The largest absolute Gasteiger partial charge is 0.353 e. The quantitative estimate of drug-likeness (QED) is 0.665. The maximum absolute atomic E-state index is 12.4. The van der Waals surface area contributed by atoms with Crippen molar-refractivity contribution in [2.24, 2.45) is 7.05 Å². The predicted octanol–water partition coefficient (Wildman–Crippen LogP) is 0.941. The molecule has 1 fully saturated rings. The Balaban J connectivity index is 1.78. The molecule has 3 rings (SSSR count). The summed E-state index contributed by atoms with van der Waals surface area (Å²) in [6.45, 7) is 0.531. The van der Waals surface area contributed by atoms with Crippen LogP contribution in [0.25, 0.3) is 0 Å². The minimum Gasteiger partial charge on any atom is -0.353 e. The van der Waals surface area contributed by atoms with Gasteiger partial charge in [-0.3, -0.25) is 19.6 Å². The molecule has 0 saturated carbocycles. The van der Waals surface area contributed by atoms with E-state index in [4.69, 9.17) is 0 Å². The van der Waals surface area contributed by atoms with E-state index in [0.29, 0.717) is 18.7 Å². The summed E-state index contributed by atoms with van der Waals surface area (Å²) in [6, 6.07) is 2.31. The van der Waals surface area contributed by atoms with Gasteiger partial charge in [0.1, 0.15) is 6.04 Å². The van der Waals surface area contributed by atoms with E-state index in [1.54, 1.807) is 29.0 Å². The van der Waals surface area contributed by atoms with Crippen LogP contribution in [0.15, 0.2) is 30.7 Å². The van der Waals surface area contributed by atoms with Crippen molar-refractivity contribution in [3.05, 3.63) is 40.8 Å². The lowest BCUT2D eigenvalue weighted by molar-refractivity contribution is -0.384. The highest BCUT2D eigenvalue weighted by Crippen LogP contribution is 2.26.